The zero-order chi connectivity index (χ0) is 20.8. The van der Waals surface area contributed by atoms with Crippen LogP contribution < -0.4 is 9.38 Å². The molecule has 2 aromatic rings. The Morgan fingerprint density at radius 2 is 2.14 bits per heavy atom. The molecule has 0 unspecified atom stereocenters. The van der Waals surface area contributed by atoms with Gasteiger partial charge in [-0.2, -0.15) is 13.2 Å². The number of aromatic nitrogens is 2. The molecule has 2 aromatic heterocycles. The van der Waals surface area contributed by atoms with Crippen molar-refractivity contribution in [3.8, 4) is 5.75 Å². The maximum Gasteiger partial charge on any atom is 0.552 e. The van der Waals surface area contributed by atoms with Gasteiger partial charge in [0.15, 0.2) is 0 Å². The van der Waals surface area contributed by atoms with Gasteiger partial charge in [-0.3, -0.25) is 0 Å². The molecule has 3 N–H and O–H groups in total. The Labute approximate surface area is 165 Å². The molecular weight excluding hydrogens is 410 g/mol. The van der Waals surface area contributed by atoms with Crippen LogP contribution in [-0.4, -0.2) is 48.5 Å². The van der Waals surface area contributed by atoms with E-state index in [1.54, 1.807) is 12.2 Å². The molecule has 0 spiro atoms. The fraction of sp³-hybridized carbons (Fsp3) is 0.471. The van der Waals surface area contributed by atoms with Crippen LogP contribution in [0, 0.1) is 5.92 Å². The third-order valence-electron chi connectivity index (χ3n) is 5.21. The predicted octanol–water partition coefficient (Wildman–Crippen LogP) is 2.40. The molecule has 3 heterocycles. The van der Waals surface area contributed by atoms with E-state index >= 15 is 0 Å². The van der Waals surface area contributed by atoms with Crippen LogP contribution in [0.4, 0.5) is 13.2 Å². The standard InChI is InChI=1S/C17H19BF3N3O4S/c19-17(20,21)3-1-5-29(26,27)24-11-6-10(7-11)13-8-18(25)28-14-9-23-16-12(15(13)14)2-4-22-16/h2,4,8-11,24-25H,1,3,5-7H2,(H,22,23). The summed E-state index contributed by atoms with van der Waals surface area (Å²) in [7, 11) is -4.89. The Morgan fingerprint density at radius 1 is 1.38 bits per heavy atom. The number of allylic oxidation sites excluding steroid dienone is 1. The average Bonchev–Trinajstić information content (AvgIpc) is 3.04. The number of H-pyrrole nitrogens is 1. The Morgan fingerprint density at radius 3 is 2.86 bits per heavy atom. The van der Waals surface area contributed by atoms with Gasteiger partial charge in [-0.25, -0.2) is 18.1 Å². The third-order valence-corrected chi connectivity index (χ3v) is 6.73. The molecule has 1 saturated carbocycles. The quantitative estimate of drug-likeness (QED) is 0.612. The number of nitrogens with zero attached hydrogens (tertiary/aromatic N) is 1. The topological polar surface area (TPSA) is 104 Å². The lowest BCUT2D eigenvalue weighted by Crippen LogP contribution is -2.46. The van der Waals surface area contributed by atoms with Crippen molar-refractivity contribution in [2.75, 3.05) is 5.75 Å². The summed E-state index contributed by atoms with van der Waals surface area (Å²) in [6, 6.07) is 1.51. The lowest BCUT2D eigenvalue weighted by Gasteiger charge is -2.39. The number of hydrogen-bond donors (Lipinski definition) is 3. The summed E-state index contributed by atoms with van der Waals surface area (Å²) in [6.45, 7) is 0. The number of fused-ring (bicyclic) bond motifs is 3. The van der Waals surface area contributed by atoms with Crippen LogP contribution >= 0.6 is 0 Å². The zero-order valence-electron chi connectivity index (χ0n) is 15.2. The molecule has 2 aliphatic rings. The third kappa shape index (κ3) is 4.43. The number of aromatic amines is 1. The molecule has 0 saturated heterocycles. The van der Waals surface area contributed by atoms with E-state index in [0.717, 1.165) is 16.5 Å². The van der Waals surface area contributed by atoms with Gasteiger partial charge in [-0.1, -0.05) is 0 Å². The number of sulfonamides is 1. The SMILES string of the molecule is O=S(=O)(CCCC(F)(F)F)NC1CC(C2=CB(O)Oc3cnc4[nH]ccc4c32)C1. The molecule has 1 aliphatic carbocycles. The summed E-state index contributed by atoms with van der Waals surface area (Å²) in [4.78, 5) is 7.26. The van der Waals surface area contributed by atoms with Crippen molar-refractivity contribution in [2.45, 2.75) is 37.9 Å². The van der Waals surface area contributed by atoms with Crippen LogP contribution in [0.15, 0.2) is 24.4 Å². The lowest BCUT2D eigenvalue weighted by molar-refractivity contribution is -0.134. The highest BCUT2D eigenvalue weighted by Crippen LogP contribution is 2.46. The molecule has 7 nitrogen and oxygen atoms in total. The number of alkyl halides is 3. The molecule has 0 radical (unpaired) electrons. The van der Waals surface area contributed by atoms with E-state index in [-0.39, 0.29) is 12.0 Å². The van der Waals surface area contributed by atoms with Gasteiger partial charge in [-0.05, 0) is 42.8 Å². The first-order valence-electron chi connectivity index (χ1n) is 9.21. The number of hydrogen-bond acceptors (Lipinski definition) is 5. The smallest absolute Gasteiger partial charge is 0.531 e. The molecule has 1 fully saturated rings. The molecule has 0 amide bonds. The van der Waals surface area contributed by atoms with Gasteiger partial charge in [0, 0.05) is 29.6 Å². The van der Waals surface area contributed by atoms with Crippen LogP contribution in [0.25, 0.3) is 16.6 Å². The second-order valence-electron chi connectivity index (χ2n) is 7.39. The maximum atomic E-state index is 12.2. The Bertz CT molecular complexity index is 1050. The van der Waals surface area contributed by atoms with E-state index in [9.17, 15) is 26.6 Å². The van der Waals surface area contributed by atoms with Gasteiger partial charge in [0.1, 0.15) is 11.4 Å². The maximum absolute atomic E-state index is 12.2. The van der Waals surface area contributed by atoms with Crippen LogP contribution in [0.5, 0.6) is 5.75 Å². The van der Waals surface area contributed by atoms with E-state index < -0.39 is 41.9 Å². The van der Waals surface area contributed by atoms with Crippen molar-refractivity contribution in [1.82, 2.24) is 14.7 Å². The molecule has 0 bridgehead atoms. The van der Waals surface area contributed by atoms with Gasteiger partial charge < -0.3 is 14.7 Å². The molecule has 0 aromatic carbocycles. The van der Waals surface area contributed by atoms with Crippen molar-refractivity contribution in [3.63, 3.8) is 0 Å². The summed E-state index contributed by atoms with van der Waals surface area (Å²) in [5.41, 5.74) is 2.35. The van der Waals surface area contributed by atoms with Crippen molar-refractivity contribution in [3.05, 3.63) is 30.0 Å². The van der Waals surface area contributed by atoms with Gasteiger partial charge >= 0.3 is 13.3 Å². The first-order chi connectivity index (χ1) is 13.6. The van der Waals surface area contributed by atoms with E-state index in [1.165, 1.54) is 6.20 Å². The van der Waals surface area contributed by atoms with E-state index in [1.807, 2.05) is 6.07 Å². The second kappa shape index (κ2) is 7.33. The minimum absolute atomic E-state index is 0.00400. The summed E-state index contributed by atoms with van der Waals surface area (Å²) in [6.07, 6.45) is -1.68. The average molecular weight is 429 g/mol. The van der Waals surface area contributed by atoms with Crippen molar-refractivity contribution >= 4 is 33.7 Å². The normalized spacial score (nSPS) is 22.1. The predicted molar refractivity (Wildman–Crippen MR) is 101 cm³/mol. The first kappa shape index (κ1) is 20.2. The zero-order valence-corrected chi connectivity index (χ0v) is 16.1. The van der Waals surface area contributed by atoms with Gasteiger partial charge in [-0.15, -0.1) is 0 Å². The van der Waals surface area contributed by atoms with Crippen LogP contribution in [0.2, 0.25) is 0 Å². The summed E-state index contributed by atoms with van der Waals surface area (Å²) >= 11 is 0. The van der Waals surface area contributed by atoms with Crippen molar-refractivity contribution < 1.29 is 31.3 Å². The minimum atomic E-state index is -4.36. The first-order valence-corrected chi connectivity index (χ1v) is 10.9. The summed E-state index contributed by atoms with van der Waals surface area (Å²) in [5.74, 6) is 1.50. The minimum Gasteiger partial charge on any atom is -0.531 e. The lowest BCUT2D eigenvalue weighted by atomic mass is 9.68. The Hall–Kier alpha value is -2.05. The highest BCUT2D eigenvalue weighted by atomic mass is 32.2. The van der Waals surface area contributed by atoms with Gasteiger partial charge in [0.2, 0.25) is 10.0 Å². The number of pyridine rings is 1. The van der Waals surface area contributed by atoms with Crippen LogP contribution in [0.1, 0.15) is 31.2 Å². The van der Waals surface area contributed by atoms with Gasteiger partial charge in [0.05, 0.1) is 11.9 Å². The van der Waals surface area contributed by atoms with E-state index in [0.29, 0.717) is 24.2 Å². The monoisotopic (exact) mass is 429 g/mol. The molecule has 156 valence electrons. The van der Waals surface area contributed by atoms with Crippen molar-refractivity contribution in [1.29, 1.82) is 0 Å². The summed E-state index contributed by atoms with van der Waals surface area (Å²) < 4.78 is 68.6. The fourth-order valence-electron chi connectivity index (χ4n) is 3.86. The van der Waals surface area contributed by atoms with Gasteiger partial charge in [0.25, 0.3) is 0 Å². The largest absolute Gasteiger partial charge is 0.552 e. The van der Waals surface area contributed by atoms with Crippen LogP contribution in [-0.2, 0) is 10.0 Å². The molecule has 29 heavy (non-hydrogen) atoms. The second-order valence-corrected chi connectivity index (χ2v) is 9.26. The Kier molecular flexibility index (Phi) is 5.12. The number of rotatable bonds is 6. The van der Waals surface area contributed by atoms with Crippen molar-refractivity contribution in [2.24, 2.45) is 5.92 Å². The Balaban J connectivity index is 1.42. The van der Waals surface area contributed by atoms with E-state index in [2.05, 4.69) is 14.7 Å². The number of nitrogens with one attached hydrogen (secondary N) is 2. The number of halogens is 3. The highest BCUT2D eigenvalue weighted by Gasteiger charge is 2.39. The molecule has 4 rings (SSSR count). The molecule has 1 aliphatic heterocycles. The van der Waals surface area contributed by atoms with Crippen LogP contribution in [0.3, 0.4) is 0 Å². The molecule has 12 heteroatoms. The summed E-state index contributed by atoms with van der Waals surface area (Å²) in [5, 5.41) is 10.8. The molecular formula is C17H19BF3N3O4S. The van der Waals surface area contributed by atoms with E-state index in [4.69, 9.17) is 4.65 Å². The highest BCUT2D eigenvalue weighted by molar-refractivity contribution is 7.89. The fourth-order valence-corrected chi connectivity index (χ4v) is 5.20. The molecule has 0 atom stereocenters.